The van der Waals surface area contributed by atoms with Gasteiger partial charge in [0.1, 0.15) is 5.92 Å². The number of aliphatic carboxylic acids is 1. The number of thiazole rings is 1. The molecule has 2 N–H and O–H groups in total. The average Bonchev–Trinajstić information content (AvgIpc) is 2.82. The van der Waals surface area contributed by atoms with E-state index >= 15 is 0 Å². The SMILES string of the molecule is CN(C)CC(C)(C)CNc1nc2c(s1)CCC2C(=O)O. The third kappa shape index (κ3) is 3.49. The van der Waals surface area contributed by atoms with E-state index in [0.717, 1.165) is 35.2 Å². The predicted molar refractivity (Wildman–Crippen MR) is 81.6 cm³/mol. The second kappa shape index (κ2) is 5.69. The molecule has 1 aromatic heterocycles. The highest BCUT2D eigenvalue weighted by Crippen LogP contribution is 2.38. The molecule has 1 heterocycles. The molecule has 1 aromatic rings. The van der Waals surface area contributed by atoms with Crippen molar-refractivity contribution in [1.82, 2.24) is 9.88 Å². The smallest absolute Gasteiger partial charge is 0.312 e. The Balaban J connectivity index is 1.99. The first kappa shape index (κ1) is 15.3. The molecule has 6 heteroatoms. The van der Waals surface area contributed by atoms with Crippen molar-refractivity contribution in [3.8, 4) is 0 Å². The summed E-state index contributed by atoms with van der Waals surface area (Å²) < 4.78 is 0. The number of carbonyl (C=O) groups is 1. The van der Waals surface area contributed by atoms with E-state index in [9.17, 15) is 4.79 Å². The average molecular weight is 297 g/mol. The molecule has 0 saturated carbocycles. The van der Waals surface area contributed by atoms with Crippen molar-refractivity contribution in [3.63, 3.8) is 0 Å². The highest BCUT2D eigenvalue weighted by molar-refractivity contribution is 7.15. The summed E-state index contributed by atoms with van der Waals surface area (Å²) in [5, 5.41) is 13.4. The Bertz CT molecular complexity index is 497. The lowest BCUT2D eigenvalue weighted by atomic mass is 9.93. The van der Waals surface area contributed by atoms with E-state index in [-0.39, 0.29) is 5.41 Å². The third-order valence-corrected chi connectivity index (χ3v) is 4.57. The number of aryl methyl sites for hydroxylation is 1. The van der Waals surface area contributed by atoms with Crippen LogP contribution in [0, 0.1) is 5.41 Å². The molecule has 1 aliphatic carbocycles. The first-order chi connectivity index (χ1) is 9.28. The molecule has 1 unspecified atom stereocenters. The van der Waals surface area contributed by atoms with Gasteiger partial charge in [0, 0.05) is 18.0 Å². The molecule has 2 rings (SSSR count). The standard InChI is InChI=1S/C14H23N3O2S/c1-14(2,8-17(3)4)7-15-13-16-11-9(12(18)19)5-6-10(11)20-13/h9H,5-8H2,1-4H3,(H,15,16)(H,18,19). The van der Waals surface area contributed by atoms with Crippen LogP contribution in [-0.4, -0.2) is 48.1 Å². The first-order valence-corrected chi connectivity index (χ1v) is 7.71. The van der Waals surface area contributed by atoms with Gasteiger partial charge in [0.05, 0.1) is 5.69 Å². The number of carboxylic acid groups (broad SMARTS) is 1. The topological polar surface area (TPSA) is 65.5 Å². The molecule has 0 aromatic carbocycles. The normalized spacial score (nSPS) is 18.4. The molecule has 0 aliphatic heterocycles. The number of rotatable bonds is 6. The molecular weight excluding hydrogens is 274 g/mol. The Morgan fingerprint density at radius 3 is 2.85 bits per heavy atom. The lowest BCUT2D eigenvalue weighted by molar-refractivity contribution is -0.138. The molecule has 1 atom stereocenters. The molecular formula is C14H23N3O2S. The molecule has 20 heavy (non-hydrogen) atoms. The fourth-order valence-electron chi connectivity index (χ4n) is 2.77. The van der Waals surface area contributed by atoms with Crippen LogP contribution < -0.4 is 5.32 Å². The molecule has 1 aliphatic rings. The lowest BCUT2D eigenvalue weighted by Crippen LogP contribution is -2.34. The minimum Gasteiger partial charge on any atom is -0.481 e. The van der Waals surface area contributed by atoms with Crippen LogP contribution in [0.1, 0.15) is 36.8 Å². The van der Waals surface area contributed by atoms with Crippen molar-refractivity contribution in [2.75, 3.05) is 32.5 Å². The van der Waals surface area contributed by atoms with E-state index in [0.29, 0.717) is 6.42 Å². The van der Waals surface area contributed by atoms with Crippen molar-refractivity contribution in [2.45, 2.75) is 32.6 Å². The number of anilines is 1. The number of nitrogens with one attached hydrogen (secondary N) is 1. The van der Waals surface area contributed by atoms with Crippen molar-refractivity contribution in [3.05, 3.63) is 10.6 Å². The fourth-order valence-corrected chi connectivity index (χ4v) is 3.80. The molecule has 0 amide bonds. The maximum Gasteiger partial charge on any atom is 0.312 e. The van der Waals surface area contributed by atoms with E-state index in [1.54, 1.807) is 11.3 Å². The number of hydrogen-bond donors (Lipinski definition) is 2. The van der Waals surface area contributed by atoms with Crippen molar-refractivity contribution in [1.29, 1.82) is 0 Å². The van der Waals surface area contributed by atoms with Gasteiger partial charge in [-0.1, -0.05) is 13.8 Å². The molecule has 0 saturated heterocycles. The molecule has 5 nitrogen and oxygen atoms in total. The van der Waals surface area contributed by atoms with E-state index in [2.05, 4.69) is 43.1 Å². The zero-order valence-corrected chi connectivity index (χ0v) is 13.4. The monoisotopic (exact) mass is 297 g/mol. The third-order valence-electron chi connectivity index (χ3n) is 3.48. The van der Waals surface area contributed by atoms with Crippen molar-refractivity contribution < 1.29 is 9.90 Å². The van der Waals surface area contributed by atoms with Crippen LogP contribution in [0.15, 0.2) is 0 Å². The Morgan fingerprint density at radius 1 is 1.55 bits per heavy atom. The molecule has 0 spiro atoms. The minimum atomic E-state index is -0.756. The summed E-state index contributed by atoms with van der Waals surface area (Å²) in [5.74, 6) is -1.17. The van der Waals surface area contributed by atoms with Gasteiger partial charge in [-0.15, -0.1) is 11.3 Å². The fraction of sp³-hybridized carbons (Fsp3) is 0.714. The van der Waals surface area contributed by atoms with E-state index in [1.807, 2.05) is 0 Å². The van der Waals surface area contributed by atoms with Gasteiger partial charge in [-0.2, -0.15) is 0 Å². The van der Waals surface area contributed by atoms with Gasteiger partial charge in [0.15, 0.2) is 5.13 Å². The number of aromatic nitrogens is 1. The zero-order valence-electron chi connectivity index (χ0n) is 12.6. The summed E-state index contributed by atoms with van der Waals surface area (Å²) in [7, 11) is 4.13. The van der Waals surface area contributed by atoms with E-state index in [1.165, 1.54) is 0 Å². The summed E-state index contributed by atoms with van der Waals surface area (Å²) in [5.41, 5.74) is 0.918. The second-order valence-corrected chi connectivity index (χ2v) is 7.60. The number of fused-ring (bicyclic) bond motifs is 1. The summed E-state index contributed by atoms with van der Waals surface area (Å²) in [4.78, 5) is 18.9. The predicted octanol–water partition coefficient (Wildman–Crippen LogP) is 2.26. The number of hydrogen-bond acceptors (Lipinski definition) is 5. The largest absolute Gasteiger partial charge is 0.481 e. The zero-order chi connectivity index (χ0) is 14.9. The Kier molecular flexibility index (Phi) is 4.34. The van der Waals surface area contributed by atoms with Gasteiger partial charge in [0.25, 0.3) is 0 Å². The van der Waals surface area contributed by atoms with Gasteiger partial charge >= 0.3 is 5.97 Å². The minimum absolute atomic E-state index is 0.145. The van der Waals surface area contributed by atoms with Crippen molar-refractivity contribution >= 4 is 22.4 Å². The number of carboxylic acids is 1. The van der Waals surface area contributed by atoms with Crippen LogP contribution in [0.5, 0.6) is 0 Å². The van der Waals surface area contributed by atoms with Gasteiger partial charge in [-0.25, -0.2) is 4.98 Å². The summed E-state index contributed by atoms with van der Waals surface area (Å²) >= 11 is 1.60. The van der Waals surface area contributed by atoms with Crippen LogP contribution in [0.2, 0.25) is 0 Å². The van der Waals surface area contributed by atoms with E-state index < -0.39 is 11.9 Å². The maximum atomic E-state index is 11.2. The van der Waals surface area contributed by atoms with Gasteiger partial charge < -0.3 is 15.3 Å². The molecule has 0 fully saturated rings. The van der Waals surface area contributed by atoms with Crippen molar-refractivity contribution in [2.24, 2.45) is 5.41 Å². The quantitative estimate of drug-likeness (QED) is 0.843. The Labute approximate surface area is 124 Å². The van der Waals surface area contributed by atoms with Crippen LogP contribution in [0.3, 0.4) is 0 Å². The molecule has 112 valence electrons. The van der Waals surface area contributed by atoms with Crippen LogP contribution in [0.25, 0.3) is 0 Å². The summed E-state index contributed by atoms with van der Waals surface area (Å²) in [6, 6.07) is 0. The van der Waals surface area contributed by atoms with Crippen LogP contribution in [-0.2, 0) is 11.2 Å². The van der Waals surface area contributed by atoms with E-state index in [4.69, 9.17) is 5.11 Å². The second-order valence-electron chi connectivity index (χ2n) is 6.51. The molecule has 0 bridgehead atoms. The Hall–Kier alpha value is -1.14. The summed E-state index contributed by atoms with van der Waals surface area (Å²) in [6.45, 7) is 6.24. The highest BCUT2D eigenvalue weighted by atomic mass is 32.1. The van der Waals surface area contributed by atoms with Crippen LogP contribution in [0.4, 0.5) is 5.13 Å². The Morgan fingerprint density at radius 2 is 2.25 bits per heavy atom. The maximum absolute atomic E-state index is 11.2. The van der Waals surface area contributed by atoms with Crippen LogP contribution >= 0.6 is 11.3 Å². The number of nitrogens with zero attached hydrogens (tertiary/aromatic N) is 2. The van der Waals surface area contributed by atoms with Gasteiger partial charge in [-0.05, 0) is 32.4 Å². The first-order valence-electron chi connectivity index (χ1n) is 6.89. The van der Waals surface area contributed by atoms with Gasteiger partial charge in [0.2, 0.25) is 0 Å². The summed E-state index contributed by atoms with van der Waals surface area (Å²) in [6.07, 6.45) is 1.53. The lowest BCUT2D eigenvalue weighted by Gasteiger charge is -2.28. The highest BCUT2D eigenvalue weighted by Gasteiger charge is 2.32. The van der Waals surface area contributed by atoms with Gasteiger partial charge in [-0.3, -0.25) is 4.79 Å². The molecule has 0 radical (unpaired) electrons.